The minimum Gasteiger partial charge on any atom is -0.507 e. The van der Waals surface area contributed by atoms with Gasteiger partial charge < -0.3 is 19.9 Å². The first-order chi connectivity index (χ1) is 9.15. The Morgan fingerprint density at radius 3 is 2.95 bits per heavy atom. The van der Waals surface area contributed by atoms with Crippen LogP contribution in [0.1, 0.15) is 5.56 Å². The highest BCUT2D eigenvalue weighted by Gasteiger charge is 2.20. The highest BCUT2D eigenvalue weighted by Crippen LogP contribution is 2.34. The smallest absolute Gasteiger partial charge is 0.234 e. The molecule has 0 saturated carbocycles. The Labute approximate surface area is 109 Å². The van der Waals surface area contributed by atoms with Crippen molar-refractivity contribution < 1.29 is 19.4 Å². The molecular weight excluding hydrogens is 248 g/mol. The first kappa shape index (κ1) is 11.9. The molecule has 2 aromatic rings. The van der Waals surface area contributed by atoms with Crippen LogP contribution in [0.2, 0.25) is 0 Å². The van der Waals surface area contributed by atoms with Crippen molar-refractivity contribution in [3.63, 3.8) is 0 Å². The molecule has 1 saturated heterocycles. The second-order valence-electron chi connectivity index (χ2n) is 4.62. The Morgan fingerprint density at radius 1 is 1.32 bits per heavy atom. The molecule has 1 aromatic carbocycles. The van der Waals surface area contributed by atoms with E-state index in [4.69, 9.17) is 4.42 Å². The summed E-state index contributed by atoms with van der Waals surface area (Å²) in [6.07, 6.45) is 1.25. The second-order valence-corrected chi connectivity index (χ2v) is 4.62. The number of nitrogens with one attached hydrogen (secondary N) is 1. The molecule has 1 aliphatic heterocycles. The number of nitrogens with zero attached hydrogens (tertiary/aromatic N) is 1. The molecule has 2 heterocycles. The van der Waals surface area contributed by atoms with E-state index < -0.39 is 0 Å². The summed E-state index contributed by atoms with van der Waals surface area (Å²) in [5, 5.41) is 22.9. The maximum atomic E-state index is 11.3. The van der Waals surface area contributed by atoms with Gasteiger partial charge in [0.15, 0.2) is 5.75 Å². The van der Waals surface area contributed by atoms with Gasteiger partial charge in [0, 0.05) is 19.6 Å². The van der Waals surface area contributed by atoms with E-state index in [1.807, 2.05) is 4.90 Å². The van der Waals surface area contributed by atoms with Crippen LogP contribution in [0.3, 0.4) is 0 Å². The number of phenolic OH excluding ortho intramolecular Hbond substituents is 1. The molecular formula is C13H14N2O4. The first-order valence-corrected chi connectivity index (χ1v) is 6.05. The van der Waals surface area contributed by atoms with Crippen molar-refractivity contribution in [3.05, 3.63) is 24.0 Å². The lowest BCUT2D eigenvalue weighted by molar-refractivity contribution is -0.124. The third-order valence-corrected chi connectivity index (χ3v) is 3.30. The lowest BCUT2D eigenvalue weighted by Crippen LogP contribution is -2.47. The Balaban J connectivity index is 1.95. The van der Waals surface area contributed by atoms with Crippen LogP contribution < -0.4 is 5.32 Å². The molecule has 1 fully saturated rings. The summed E-state index contributed by atoms with van der Waals surface area (Å²) < 4.78 is 5.29. The van der Waals surface area contributed by atoms with Gasteiger partial charge in [-0.05, 0) is 12.1 Å². The number of carbonyl (C=O) groups is 1. The lowest BCUT2D eigenvalue weighted by atomic mass is 10.1. The summed E-state index contributed by atoms with van der Waals surface area (Å²) in [5.41, 5.74) is 1.05. The number of amides is 1. The zero-order chi connectivity index (χ0) is 13.4. The number of rotatable bonds is 2. The summed E-state index contributed by atoms with van der Waals surface area (Å²) in [7, 11) is 0. The Morgan fingerprint density at radius 2 is 2.16 bits per heavy atom. The van der Waals surface area contributed by atoms with Gasteiger partial charge in [-0.25, -0.2) is 0 Å². The molecule has 19 heavy (non-hydrogen) atoms. The fourth-order valence-electron chi connectivity index (χ4n) is 2.33. The van der Waals surface area contributed by atoms with Crippen molar-refractivity contribution in [2.45, 2.75) is 6.54 Å². The standard InChI is InChI=1S/C13H14N2O4/c16-10-2-1-8-11(17)7-19-13(8)9(10)5-15-4-3-14-12(18)6-15/h1-2,7,16-17H,3-6H2,(H,14,18). The van der Waals surface area contributed by atoms with Gasteiger partial charge in [0.25, 0.3) is 0 Å². The molecule has 6 nitrogen and oxygen atoms in total. The number of aromatic hydroxyl groups is 2. The van der Waals surface area contributed by atoms with Crippen molar-refractivity contribution in [1.29, 1.82) is 0 Å². The highest BCUT2D eigenvalue weighted by molar-refractivity contribution is 5.88. The van der Waals surface area contributed by atoms with Crippen molar-refractivity contribution in [2.75, 3.05) is 19.6 Å². The summed E-state index contributed by atoms with van der Waals surface area (Å²) in [4.78, 5) is 13.3. The van der Waals surface area contributed by atoms with Gasteiger partial charge in [-0.3, -0.25) is 9.69 Å². The number of phenols is 1. The molecule has 1 aliphatic rings. The molecule has 0 unspecified atom stereocenters. The van der Waals surface area contributed by atoms with Crippen molar-refractivity contribution in [2.24, 2.45) is 0 Å². The molecule has 1 amide bonds. The Bertz CT molecular complexity index is 635. The molecule has 1 aromatic heterocycles. The number of carbonyl (C=O) groups excluding carboxylic acids is 1. The third-order valence-electron chi connectivity index (χ3n) is 3.30. The minimum absolute atomic E-state index is 0.0276. The minimum atomic E-state index is -0.0276. The molecule has 0 radical (unpaired) electrons. The van der Waals surface area contributed by atoms with Gasteiger partial charge in [-0.2, -0.15) is 0 Å². The van der Waals surface area contributed by atoms with E-state index in [1.54, 1.807) is 6.07 Å². The predicted molar refractivity (Wildman–Crippen MR) is 67.8 cm³/mol. The molecule has 0 aliphatic carbocycles. The highest BCUT2D eigenvalue weighted by atomic mass is 16.4. The van der Waals surface area contributed by atoms with E-state index >= 15 is 0 Å². The van der Waals surface area contributed by atoms with E-state index in [0.717, 1.165) is 0 Å². The molecule has 3 N–H and O–H groups in total. The maximum Gasteiger partial charge on any atom is 0.234 e. The second kappa shape index (κ2) is 4.47. The van der Waals surface area contributed by atoms with Crippen LogP contribution in [-0.4, -0.2) is 40.7 Å². The molecule has 0 spiro atoms. The average molecular weight is 262 g/mol. The summed E-state index contributed by atoms with van der Waals surface area (Å²) in [6.45, 7) is 2.01. The molecule has 0 bridgehead atoms. The van der Waals surface area contributed by atoms with Gasteiger partial charge in [-0.15, -0.1) is 0 Å². The topological polar surface area (TPSA) is 85.9 Å². The number of piperazine rings is 1. The van der Waals surface area contributed by atoms with Crippen LogP contribution in [-0.2, 0) is 11.3 Å². The van der Waals surface area contributed by atoms with Crippen LogP contribution in [0.5, 0.6) is 11.5 Å². The van der Waals surface area contributed by atoms with Crippen LogP contribution in [0, 0.1) is 0 Å². The Kier molecular flexibility index (Phi) is 2.79. The number of hydrogen-bond donors (Lipinski definition) is 3. The summed E-state index contributed by atoms with van der Waals surface area (Å²) >= 11 is 0. The Hall–Kier alpha value is -2.21. The van der Waals surface area contributed by atoms with Crippen molar-refractivity contribution >= 4 is 16.9 Å². The van der Waals surface area contributed by atoms with Crippen molar-refractivity contribution in [1.82, 2.24) is 10.2 Å². The van der Waals surface area contributed by atoms with Gasteiger partial charge >= 0.3 is 0 Å². The normalized spacial score (nSPS) is 16.7. The third kappa shape index (κ3) is 2.10. The average Bonchev–Trinajstić information content (AvgIpc) is 2.75. The zero-order valence-corrected chi connectivity index (χ0v) is 10.2. The molecule has 6 heteroatoms. The van der Waals surface area contributed by atoms with Gasteiger partial charge in [0.05, 0.1) is 17.5 Å². The van der Waals surface area contributed by atoms with E-state index in [1.165, 1.54) is 12.3 Å². The predicted octanol–water partition coefficient (Wildman–Crippen LogP) is 0.776. The quantitative estimate of drug-likeness (QED) is 0.744. The number of fused-ring (bicyclic) bond motifs is 1. The van der Waals surface area contributed by atoms with E-state index in [9.17, 15) is 15.0 Å². The van der Waals surface area contributed by atoms with Gasteiger partial charge in [0.2, 0.25) is 5.91 Å². The lowest BCUT2D eigenvalue weighted by Gasteiger charge is -2.26. The summed E-state index contributed by atoms with van der Waals surface area (Å²) in [5.74, 6) is 0.126. The monoisotopic (exact) mass is 262 g/mol. The van der Waals surface area contributed by atoms with Gasteiger partial charge in [0.1, 0.15) is 17.6 Å². The molecule has 0 atom stereocenters. The van der Waals surface area contributed by atoms with Crippen molar-refractivity contribution in [3.8, 4) is 11.5 Å². The van der Waals surface area contributed by atoms with E-state index in [2.05, 4.69) is 5.32 Å². The largest absolute Gasteiger partial charge is 0.507 e. The zero-order valence-electron chi connectivity index (χ0n) is 10.2. The first-order valence-electron chi connectivity index (χ1n) is 6.05. The van der Waals surface area contributed by atoms with E-state index in [0.29, 0.717) is 42.7 Å². The fraction of sp³-hybridized carbons (Fsp3) is 0.308. The van der Waals surface area contributed by atoms with Crippen LogP contribution in [0.25, 0.3) is 11.0 Å². The molecule has 3 rings (SSSR count). The number of furan rings is 1. The number of hydrogen-bond acceptors (Lipinski definition) is 5. The fourth-order valence-corrected chi connectivity index (χ4v) is 2.33. The van der Waals surface area contributed by atoms with E-state index in [-0.39, 0.29) is 17.4 Å². The van der Waals surface area contributed by atoms with Gasteiger partial charge in [-0.1, -0.05) is 0 Å². The number of benzene rings is 1. The van der Waals surface area contributed by atoms with Crippen LogP contribution in [0.15, 0.2) is 22.8 Å². The SMILES string of the molecule is O=C1CN(Cc2c(O)ccc3c(O)coc23)CCN1. The maximum absolute atomic E-state index is 11.3. The molecule has 100 valence electrons. The van der Waals surface area contributed by atoms with Crippen LogP contribution in [0.4, 0.5) is 0 Å². The summed E-state index contributed by atoms with van der Waals surface area (Å²) in [6, 6.07) is 3.13. The van der Waals surface area contributed by atoms with Crippen LogP contribution >= 0.6 is 0 Å².